The molecule has 0 aliphatic heterocycles. The van der Waals surface area contributed by atoms with Gasteiger partial charge in [0.2, 0.25) is 0 Å². The highest BCUT2D eigenvalue weighted by Gasteiger charge is 2.26. The zero-order valence-electron chi connectivity index (χ0n) is 16.2. The van der Waals surface area contributed by atoms with Crippen LogP contribution in [0.25, 0.3) is 6.08 Å². The predicted molar refractivity (Wildman–Crippen MR) is 99.0 cm³/mol. The second-order valence-corrected chi connectivity index (χ2v) is 9.41. The molecule has 1 rings (SSSR count). The van der Waals surface area contributed by atoms with Crippen LogP contribution in [0.5, 0.6) is 5.75 Å². The van der Waals surface area contributed by atoms with Crippen molar-refractivity contribution in [1.29, 1.82) is 0 Å². The highest BCUT2D eigenvalue weighted by molar-refractivity contribution is 5.97. The molecule has 0 aromatic heterocycles. The Balaban J connectivity index is 3.46. The third kappa shape index (κ3) is 4.95. The molecule has 2 heteroatoms. The number of benzene rings is 1. The van der Waals surface area contributed by atoms with Gasteiger partial charge in [0, 0.05) is 16.5 Å². The lowest BCUT2D eigenvalue weighted by Crippen LogP contribution is -2.18. The molecular weight excluding hydrogens is 284 g/mol. The van der Waals surface area contributed by atoms with E-state index in [9.17, 15) is 9.90 Å². The highest BCUT2D eigenvalue weighted by atomic mass is 16.3. The van der Waals surface area contributed by atoms with Gasteiger partial charge in [0.1, 0.15) is 5.75 Å². The Hall–Kier alpha value is -1.57. The number of carbonyl (C=O) groups excluding carboxylic acids is 1. The van der Waals surface area contributed by atoms with Crippen molar-refractivity contribution >= 4 is 11.9 Å². The van der Waals surface area contributed by atoms with Crippen LogP contribution in [0.2, 0.25) is 0 Å². The van der Waals surface area contributed by atoms with E-state index in [4.69, 9.17) is 0 Å². The van der Waals surface area contributed by atoms with Gasteiger partial charge in [-0.2, -0.15) is 0 Å². The van der Waals surface area contributed by atoms with E-state index in [1.54, 1.807) is 6.08 Å². The zero-order valence-corrected chi connectivity index (χ0v) is 16.2. The van der Waals surface area contributed by atoms with E-state index in [2.05, 4.69) is 41.5 Å². The highest BCUT2D eigenvalue weighted by Crippen LogP contribution is 2.40. The number of rotatable bonds is 2. The van der Waals surface area contributed by atoms with Gasteiger partial charge in [-0.1, -0.05) is 68.4 Å². The van der Waals surface area contributed by atoms with Crippen molar-refractivity contribution in [2.75, 3.05) is 0 Å². The molecule has 0 radical (unpaired) electrons. The number of aromatic hydroxyl groups is 1. The lowest BCUT2D eigenvalue weighted by atomic mass is 9.78. The number of phenols is 1. The fourth-order valence-electron chi connectivity index (χ4n) is 2.32. The van der Waals surface area contributed by atoms with E-state index in [1.807, 2.05) is 39.0 Å². The summed E-state index contributed by atoms with van der Waals surface area (Å²) in [4.78, 5) is 12.1. The van der Waals surface area contributed by atoms with Crippen molar-refractivity contribution in [3.63, 3.8) is 0 Å². The van der Waals surface area contributed by atoms with Crippen LogP contribution in [-0.4, -0.2) is 10.9 Å². The molecule has 1 aromatic carbocycles. The molecule has 1 aromatic rings. The van der Waals surface area contributed by atoms with Gasteiger partial charge >= 0.3 is 0 Å². The van der Waals surface area contributed by atoms with Crippen molar-refractivity contribution in [3.05, 3.63) is 34.9 Å². The SMILES string of the molecule is CC(C)(C)C(=O)/C=C\c1cc(C(C)(C)C)c(O)c(C(C)(C)C)c1. The summed E-state index contributed by atoms with van der Waals surface area (Å²) in [7, 11) is 0. The largest absolute Gasteiger partial charge is 0.507 e. The van der Waals surface area contributed by atoms with E-state index in [0.717, 1.165) is 16.7 Å². The van der Waals surface area contributed by atoms with Gasteiger partial charge < -0.3 is 5.11 Å². The van der Waals surface area contributed by atoms with Crippen molar-refractivity contribution in [2.24, 2.45) is 5.41 Å². The number of allylic oxidation sites excluding steroid dienone is 1. The first-order valence-electron chi connectivity index (χ1n) is 8.24. The van der Waals surface area contributed by atoms with E-state index < -0.39 is 0 Å². The van der Waals surface area contributed by atoms with E-state index in [-0.39, 0.29) is 22.0 Å². The summed E-state index contributed by atoms with van der Waals surface area (Å²) >= 11 is 0. The fourth-order valence-corrected chi connectivity index (χ4v) is 2.32. The minimum absolute atomic E-state index is 0.0974. The Bertz CT molecular complexity index is 580. The van der Waals surface area contributed by atoms with Gasteiger partial charge in [-0.25, -0.2) is 0 Å². The summed E-state index contributed by atoms with van der Waals surface area (Å²) in [5.41, 5.74) is 2.06. The monoisotopic (exact) mass is 316 g/mol. The lowest BCUT2D eigenvalue weighted by Gasteiger charge is -2.28. The maximum absolute atomic E-state index is 12.1. The Morgan fingerprint density at radius 2 is 1.26 bits per heavy atom. The van der Waals surface area contributed by atoms with Crippen molar-refractivity contribution < 1.29 is 9.90 Å². The minimum atomic E-state index is -0.382. The van der Waals surface area contributed by atoms with Gasteiger partial charge in [-0.15, -0.1) is 0 Å². The third-order valence-electron chi connectivity index (χ3n) is 3.91. The number of phenolic OH excluding ortho intramolecular Hbond substituents is 1. The number of hydrogen-bond acceptors (Lipinski definition) is 2. The van der Waals surface area contributed by atoms with Crippen molar-refractivity contribution in [1.82, 2.24) is 0 Å². The van der Waals surface area contributed by atoms with Crippen molar-refractivity contribution in [3.8, 4) is 5.75 Å². The summed E-state index contributed by atoms with van der Waals surface area (Å²) in [6.07, 6.45) is 3.50. The first kappa shape index (κ1) is 19.5. The van der Waals surface area contributed by atoms with E-state index >= 15 is 0 Å². The summed E-state index contributed by atoms with van der Waals surface area (Å²) < 4.78 is 0. The van der Waals surface area contributed by atoms with Gasteiger partial charge in [0.25, 0.3) is 0 Å². The van der Waals surface area contributed by atoms with Crippen LogP contribution in [0.1, 0.15) is 79.0 Å². The first-order valence-corrected chi connectivity index (χ1v) is 8.24. The Kier molecular flexibility index (Phi) is 5.20. The second-order valence-electron chi connectivity index (χ2n) is 9.41. The molecule has 0 saturated carbocycles. The summed E-state index contributed by atoms with van der Waals surface area (Å²) in [6, 6.07) is 3.97. The number of carbonyl (C=O) groups is 1. The molecule has 0 saturated heterocycles. The summed E-state index contributed by atoms with van der Waals surface area (Å²) in [5.74, 6) is 0.462. The average Bonchev–Trinajstić information content (AvgIpc) is 2.32. The van der Waals surface area contributed by atoms with Crippen LogP contribution < -0.4 is 0 Å². The Labute approximate surface area is 141 Å². The molecule has 0 aliphatic carbocycles. The molecule has 1 N–H and O–H groups in total. The molecule has 0 unspecified atom stereocenters. The normalized spacial score (nSPS) is 13.6. The zero-order chi connectivity index (χ0) is 18.2. The topological polar surface area (TPSA) is 37.3 Å². The number of hydrogen-bond donors (Lipinski definition) is 1. The first-order chi connectivity index (χ1) is 10.1. The van der Waals surface area contributed by atoms with Gasteiger partial charge in [0.15, 0.2) is 5.78 Å². The Morgan fingerprint density at radius 3 is 1.57 bits per heavy atom. The maximum Gasteiger partial charge on any atom is 0.161 e. The van der Waals surface area contributed by atoms with E-state index in [0.29, 0.717) is 5.75 Å². The van der Waals surface area contributed by atoms with Gasteiger partial charge in [-0.05, 0) is 34.6 Å². The summed E-state index contributed by atoms with van der Waals surface area (Å²) in [6.45, 7) is 18.3. The second kappa shape index (κ2) is 6.14. The van der Waals surface area contributed by atoms with E-state index in [1.165, 1.54) is 0 Å². The average molecular weight is 316 g/mol. The van der Waals surface area contributed by atoms with Crippen LogP contribution in [-0.2, 0) is 15.6 Å². The molecule has 0 fully saturated rings. The number of ketones is 1. The lowest BCUT2D eigenvalue weighted by molar-refractivity contribution is -0.121. The Morgan fingerprint density at radius 1 is 0.870 bits per heavy atom. The quantitative estimate of drug-likeness (QED) is 0.719. The smallest absolute Gasteiger partial charge is 0.161 e. The molecule has 23 heavy (non-hydrogen) atoms. The van der Waals surface area contributed by atoms with Gasteiger partial charge in [0.05, 0.1) is 0 Å². The fraction of sp³-hybridized carbons (Fsp3) is 0.571. The van der Waals surface area contributed by atoms with Crippen LogP contribution in [0.4, 0.5) is 0 Å². The molecular formula is C21H32O2. The van der Waals surface area contributed by atoms with Crippen molar-refractivity contribution in [2.45, 2.75) is 73.1 Å². The van der Waals surface area contributed by atoms with Crippen LogP contribution in [0, 0.1) is 5.41 Å². The minimum Gasteiger partial charge on any atom is -0.507 e. The molecule has 0 amide bonds. The predicted octanol–water partition coefficient (Wildman–Crippen LogP) is 5.62. The van der Waals surface area contributed by atoms with Crippen LogP contribution >= 0.6 is 0 Å². The molecule has 0 aliphatic rings. The molecule has 0 spiro atoms. The van der Waals surface area contributed by atoms with Crippen LogP contribution in [0.3, 0.4) is 0 Å². The molecule has 2 nitrogen and oxygen atoms in total. The van der Waals surface area contributed by atoms with Crippen LogP contribution in [0.15, 0.2) is 18.2 Å². The molecule has 0 atom stereocenters. The maximum atomic E-state index is 12.1. The van der Waals surface area contributed by atoms with Gasteiger partial charge in [-0.3, -0.25) is 4.79 Å². The molecule has 0 bridgehead atoms. The molecule has 0 heterocycles. The summed E-state index contributed by atoms with van der Waals surface area (Å²) in [5, 5.41) is 10.7. The standard InChI is InChI=1S/C21H32O2/c1-19(2,3)15-12-14(10-11-17(22)21(7,8)9)13-16(18(15)23)20(4,5)6/h10-13,23H,1-9H3/b11-10-. The third-order valence-corrected chi connectivity index (χ3v) is 3.91. The molecule has 128 valence electrons.